The van der Waals surface area contributed by atoms with Crippen LogP contribution >= 0.6 is 0 Å². The Morgan fingerprint density at radius 2 is 1.76 bits per heavy atom. The number of carbonyl (C=O) groups excluding carboxylic acids is 1. The van der Waals surface area contributed by atoms with Crippen LogP contribution in [0.3, 0.4) is 0 Å². The Hall–Kier alpha value is -2.91. The molecule has 0 heterocycles. The van der Waals surface area contributed by atoms with E-state index in [1.54, 1.807) is 6.07 Å². The minimum atomic E-state index is -3.58. The lowest BCUT2D eigenvalue weighted by Crippen LogP contribution is -2.11. The quantitative estimate of drug-likeness (QED) is 0.293. The molecule has 2 rings (SSSR count). The van der Waals surface area contributed by atoms with Crippen molar-refractivity contribution in [1.82, 2.24) is 0 Å². The first-order chi connectivity index (χ1) is 15.6. The smallest absolute Gasteiger partial charge is 0.303 e. The molecule has 0 fully saturated rings. The van der Waals surface area contributed by atoms with E-state index in [1.165, 1.54) is 37.3 Å². The zero-order chi connectivity index (χ0) is 24.6. The van der Waals surface area contributed by atoms with Gasteiger partial charge in [0.1, 0.15) is 11.5 Å². The maximum Gasteiger partial charge on any atom is 0.303 e. The van der Waals surface area contributed by atoms with E-state index in [4.69, 9.17) is 9.84 Å². The van der Waals surface area contributed by atoms with E-state index in [9.17, 15) is 28.2 Å². The van der Waals surface area contributed by atoms with E-state index >= 15 is 0 Å². The van der Waals surface area contributed by atoms with Crippen LogP contribution < -0.4 is 4.74 Å². The molecule has 0 saturated carbocycles. The number of benzene rings is 2. The fraction of sp³-hybridized carbons (Fsp3) is 0.417. The number of carboxylic acids is 1. The molecule has 0 aliphatic heterocycles. The maximum atomic E-state index is 12.6. The molecular formula is C24H30O8S. The second-order valence-electron chi connectivity index (χ2n) is 7.78. The number of Topliss-reactive ketones (excluding diaryl/α,β-unsaturated/α-hetero) is 1. The van der Waals surface area contributed by atoms with Crippen LogP contribution in [-0.4, -0.2) is 47.8 Å². The van der Waals surface area contributed by atoms with E-state index in [0.29, 0.717) is 23.3 Å². The SMILES string of the molecule is CCCc1c(OCCCS(=O)(=O)c2ccc(C(O)CCC(=O)O)cc2)ccc(C(C)=O)c1O. The molecule has 0 bridgehead atoms. The zero-order valence-electron chi connectivity index (χ0n) is 18.8. The highest BCUT2D eigenvalue weighted by Gasteiger charge is 2.18. The number of aliphatic carboxylic acids is 1. The minimum absolute atomic E-state index is 0.0434. The van der Waals surface area contributed by atoms with Crippen molar-refractivity contribution in [2.24, 2.45) is 0 Å². The molecule has 1 atom stereocenters. The van der Waals surface area contributed by atoms with Crippen molar-refractivity contribution in [3.8, 4) is 11.5 Å². The average Bonchev–Trinajstić information content (AvgIpc) is 2.77. The van der Waals surface area contributed by atoms with Crippen LogP contribution in [0.2, 0.25) is 0 Å². The number of hydrogen-bond acceptors (Lipinski definition) is 7. The second-order valence-corrected chi connectivity index (χ2v) is 9.89. The van der Waals surface area contributed by atoms with E-state index < -0.39 is 21.9 Å². The molecule has 180 valence electrons. The van der Waals surface area contributed by atoms with Gasteiger partial charge in [-0.1, -0.05) is 25.5 Å². The predicted octanol–water partition coefficient (Wildman–Crippen LogP) is 3.69. The molecule has 0 aliphatic rings. The summed E-state index contributed by atoms with van der Waals surface area (Å²) in [6, 6.07) is 8.86. The molecule has 0 amide bonds. The van der Waals surface area contributed by atoms with Crippen LogP contribution in [0.1, 0.15) is 67.1 Å². The molecule has 2 aromatic rings. The number of rotatable bonds is 13. The largest absolute Gasteiger partial charge is 0.507 e. The summed E-state index contributed by atoms with van der Waals surface area (Å²) in [6.45, 7) is 3.42. The van der Waals surface area contributed by atoms with E-state index in [-0.39, 0.29) is 53.6 Å². The van der Waals surface area contributed by atoms with Crippen LogP contribution in [-0.2, 0) is 21.1 Å². The van der Waals surface area contributed by atoms with Gasteiger partial charge in [-0.3, -0.25) is 9.59 Å². The Labute approximate surface area is 193 Å². The highest BCUT2D eigenvalue weighted by Crippen LogP contribution is 2.33. The van der Waals surface area contributed by atoms with Crippen LogP contribution in [0.15, 0.2) is 41.3 Å². The molecule has 0 spiro atoms. The lowest BCUT2D eigenvalue weighted by atomic mass is 10.0. The van der Waals surface area contributed by atoms with Gasteiger partial charge in [0.05, 0.1) is 28.9 Å². The van der Waals surface area contributed by atoms with Crippen molar-refractivity contribution < 1.29 is 38.1 Å². The summed E-state index contributed by atoms with van der Waals surface area (Å²) < 4.78 is 30.9. The summed E-state index contributed by atoms with van der Waals surface area (Å²) in [5.41, 5.74) is 1.21. The Balaban J connectivity index is 1.98. The Kier molecular flexibility index (Phi) is 9.43. The summed E-state index contributed by atoms with van der Waals surface area (Å²) >= 11 is 0. The van der Waals surface area contributed by atoms with Gasteiger partial charge in [-0.15, -0.1) is 0 Å². The van der Waals surface area contributed by atoms with Crippen molar-refractivity contribution in [3.05, 3.63) is 53.1 Å². The van der Waals surface area contributed by atoms with Gasteiger partial charge < -0.3 is 20.1 Å². The van der Waals surface area contributed by atoms with Crippen molar-refractivity contribution in [3.63, 3.8) is 0 Å². The molecule has 0 saturated heterocycles. The minimum Gasteiger partial charge on any atom is -0.507 e. The second kappa shape index (κ2) is 11.8. The first-order valence-electron chi connectivity index (χ1n) is 10.8. The van der Waals surface area contributed by atoms with Gasteiger partial charge in [0.15, 0.2) is 15.6 Å². The molecule has 0 aliphatic carbocycles. The number of phenols is 1. The van der Waals surface area contributed by atoms with Gasteiger partial charge in [-0.05, 0) is 56.0 Å². The first kappa shape index (κ1) is 26.3. The van der Waals surface area contributed by atoms with Crippen LogP contribution in [0, 0.1) is 0 Å². The number of sulfone groups is 1. The summed E-state index contributed by atoms with van der Waals surface area (Å²) in [4.78, 5) is 22.4. The third kappa shape index (κ3) is 7.30. The van der Waals surface area contributed by atoms with Gasteiger partial charge in [0.2, 0.25) is 0 Å². The molecule has 0 radical (unpaired) electrons. The maximum absolute atomic E-state index is 12.6. The summed E-state index contributed by atoms with van der Waals surface area (Å²) in [6.07, 6.45) is 0.352. The standard InChI is InChI=1S/C24H30O8S/c1-3-5-20-22(12-10-19(16(2)25)24(20)29)32-14-4-15-33(30,31)18-8-6-17(7-9-18)21(26)11-13-23(27)28/h6-10,12,21,26,29H,3-5,11,13-15H2,1-2H3,(H,27,28). The molecule has 8 nitrogen and oxygen atoms in total. The molecule has 9 heteroatoms. The molecule has 3 N–H and O–H groups in total. The summed E-state index contributed by atoms with van der Waals surface area (Å²) in [5, 5.41) is 29.1. The lowest BCUT2D eigenvalue weighted by Gasteiger charge is -2.15. The van der Waals surface area contributed by atoms with Crippen LogP contribution in [0.25, 0.3) is 0 Å². The number of phenolic OH excluding ortho intramolecular Hbond substituents is 1. The highest BCUT2D eigenvalue weighted by atomic mass is 32.2. The van der Waals surface area contributed by atoms with Gasteiger partial charge in [-0.2, -0.15) is 0 Å². The number of carboxylic acid groups (broad SMARTS) is 1. The third-order valence-electron chi connectivity index (χ3n) is 5.19. The number of ether oxygens (including phenoxy) is 1. The van der Waals surface area contributed by atoms with Gasteiger partial charge in [0.25, 0.3) is 0 Å². The monoisotopic (exact) mass is 478 g/mol. The molecule has 2 aromatic carbocycles. The van der Waals surface area contributed by atoms with Crippen molar-refractivity contribution >= 4 is 21.6 Å². The average molecular weight is 479 g/mol. The summed E-state index contributed by atoms with van der Waals surface area (Å²) in [5.74, 6) is -1.09. The molecule has 0 aromatic heterocycles. The third-order valence-corrected chi connectivity index (χ3v) is 7.01. The molecular weight excluding hydrogens is 448 g/mol. The van der Waals surface area contributed by atoms with Crippen molar-refractivity contribution in [2.45, 2.75) is 57.0 Å². The van der Waals surface area contributed by atoms with E-state index in [0.717, 1.165) is 6.42 Å². The topological polar surface area (TPSA) is 138 Å². The fourth-order valence-electron chi connectivity index (χ4n) is 3.40. The van der Waals surface area contributed by atoms with Gasteiger partial charge in [0, 0.05) is 12.0 Å². The first-order valence-corrected chi connectivity index (χ1v) is 12.4. The number of ketones is 1. The Morgan fingerprint density at radius 3 is 2.33 bits per heavy atom. The Bertz CT molecular complexity index is 1070. The van der Waals surface area contributed by atoms with Crippen LogP contribution in [0.5, 0.6) is 11.5 Å². The van der Waals surface area contributed by atoms with Crippen LogP contribution in [0.4, 0.5) is 0 Å². The highest BCUT2D eigenvalue weighted by molar-refractivity contribution is 7.91. The Morgan fingerprint density at radius 1 is 1.09 bits per heavy atom. The number of hydrogen-bond donors (Lipinski definition) is 3. The fourth-order valence-corrected chi connectivity index (χ4v) is 4.69. The van der Waals surface area contributed by atoms with E-state index in [1.807, 2.05) is 6.92 Å². The van der Waals surface area contributed by atoms with Crippen molar-refractivity contribution in [2.75, 3.05) is 12.4 Å². The normalized spacial score (nSPS) is 12.3. The van der Waals surface area contributed by atoms with E-state index in [2.05, 4.69) is 0 Å². The zero-order valence-corrected chi connectivity index (χ0v) is 19.6. The molecule has 33 heavy (non-hydrogen) atoms. The lowest BCUT2D eigenvalue weighted by molar-refractivity contribution is -0.137. The number of aromatic hydroxyl groups is 1. The number of aliphatic hydroxyl groups is 1. The predicted molar refractivity (Wildman–Crippen MR) is 123 cm³/mol. The van der Waals surface area contributed by atoms with Gasteiger partial charge >= 0.3 is 5.97 Å². The summed E-state index contributed by atoms with van der Waals surface area (Å²) in [7, 11) is -3.58. The number of aliphatic hydroxyl groups excluding tert-OH is 1. The number of carbonyl (C=O) groups is 2. The van der Waals surface area contributed by atoms with Gasteiger partial charge in [-0.25, -0.2) is 8.42 Å². The molecule has 1 unspecified atom stereocenters. The van der Waals surface area contributed by atoms with Crippen molar-refractivity contribution in [1.29, 1.82) is 0 Å².